The molecule has 1 heterocycles. The van der Waals surface area contributed by atoms with Gasteiger partial charge in [0.15, 0.2) is 0 Å². The Bertz CT molecular complexity index is 527. The molecule has 102 valence electrons. The van der Waals surface area contributed by atoms with Gasteiger partial charge in [0.1, 0.15) is 5.76 Å². The Balaban J connectivity index is 2.09. The molecule has 1 unspecified atom stereocenters. The predicted molar refractivity (Wildman–Crippen MR) is 81.9 cm³/mol. The van der Waals surface area contributed by atoms with Crippen LogP contribution in [-0.4, -0.2) is 12.8 Å². The van der Waals surface area contributed by atoms with Crippen LogP contribution in [-0.2, 0) is 0 Å². The maximum absolute atomic E-state index is 5.33. The zero-order valence-corrected chi connectivity index (χ0v) is 12.8. The number of aryl methyl sites for hydroxylation is 3. The molecule has 0 aliphatic rings. The number of rotatable bonds is 5. The molecule has 0 aliphatic heterocycles. The zero-order valence-electron chi connectivity index (χ0n) is 12.0. The van der Waals surface area contributed by atoms with E-state index in [2.05, 4.69) is 37.4 Å². The van der Waals surface area contributed by atoms with Crippen molar-refractivity contribution in [1.82, 2.24) is 5.32 Å². The van der Waals surface area contributed by atoms with Crippen molar-refractivity contribution in [3.05, 3.63) is 53.0 Å². The molecule has 19 heavy (non-hydrogen) atoms. The number of hydrogen-bond donors (Lipinski definition) is 1. The molecule has 0 saturated heterocycles. The molecular formula is C16H21NOS. The first-order valence-electron chi connectivity index (χ1n) is 6.52. The Morgan fingerprint density at radius 1 is 1.16 bits per heavy atom. The van der Waals surface area contributed by atoms with Gasteiger partial charge in [0.05, 0.1) is 6.26 Å². The van der Waals surface area contributed by atoms with Crippen molar-refractivity contribution in [1.29, 1.82) is 0 Å². The summed E-state index contributed by atoms with van der Waals surface area (Å²) in [4.78, 5) is 1.23. The molecule has 0 bridgehead atoms. The van der Waals surface area contributed by atoms with Crippen molar-refractivity contribution >= 4 is 11.8 Å². The van der Waals surface area contributed by atoms with Gasteiger partial charge in [-0.15, -0.1) is 11.8 Å². The summed E-state index contributed by atoms with van der Waals surface area (Å²) in [7, 11) is 2.02. The van der Waals surface area contributed by atoms with Crippen molar-refractivity contribution in [2.45, 2.75) is 31.7 Å². The number of thioether (sulfide) groups is 1. The molecule has 1 aromatic heterocycles. The van der Waals surface area contributed by atoms with Crippen molar-refractivity contribution in [3.8, 4) is 0 Å². The summed E-state index contributed by atoms with van der Waals surface area (Å²) >= 11 is 1.84. The third kappa shape index (κ3) is 3.64. The molecule has 3 heteroatoms. The van der Waals surface area contributed by atoms with E-state index in [1.165, 1.54) is 21.6 Å². The van der Waals surface area contributed by atoms with Gasteiger partial charge in [0.25, 0.3) is 0 Å². The number of furan rings is 1. The van der Waals surface area contributed by atoms with Gasteiger partial charge in [-0.05, 0) is 39.4 Å². The first kappa shape index (κ1) is 14.2. The second-order valence-corrected chi connectivity index (χ2v) is 5.98. The SMILES string of the molecule is CNC(CSc1ccoc1C)c1cc(C)cc(C)c1. The Hall–Kier alpha value is -1.19. The van der Waals surface area contributed by atoms with Crippen LogP contribution in [0.25, 0.3) is 0 Å². The van der Waals surface area contributed by atoms with Crippen LogP contribution >= 0.6 is 11.8 Å². The van der Waals surface area contributed by atoms with Crippen LogP contribution in [0.15, 0.2) is 39.8 Å². The van der Waals surface area contributed by atoms with Crippen LogP contribution < -0.4 is 5.32 Å². The largest absolute Gasteiger partial charge is 0.468 e. The highest BCUT2D eigenvalue weighted by atomic mass is 32.2. The second-order valence-electron chi connectivity index (χ2n) is 4.91. The summed E-state index contributed by atoms with van der Waals surface area (Å²) in [6, 6.07) is 9.13. The fourth-order valence-corrected chi connectivity index (χ4v) is 3.36. The van der Waals surface area contributed by atoms with Gasteiger partial charge >= 0.3 is 0 Å². The lowest BCUT2D eigenvalue weighted by Crippen LogP contribution is -2.19. The Labute approximate surface area is 119 Å². The van der Waals surface area contributed by atoms with Crippen LogP contribution in [0.5, 0.6) is 0 Å². The Morgan fingerprint density at radius 3 is 2.37 bits per heavy atom. The third-order valence-electron chi connectivity index (χ3n) is 3.21. The van der Waals surface area contributed by atoms with E-state index in [1.807, 2.05) is 31.8 Å². The molecule has 0 aliphatic carbocycles. The van der Waals surface area contributed by atoms with Crippen molar-refractivity contribution < 1.29 is 4.42 Å². The van der Waals surface area contributed by atoms with E-state index in [0.717, 1.165) is 11.5 Å². The molecule has 1 atom stereocenters. The summed E-state index contributed by atoms with van der Waals surface area (Å²) in [6.45, 7) is 6.31. The summed E-state index contributed by atoms with van der Waals surface area (Å²) in [5.74, 6) is 2.00. The van der Waals surface area contributed by atoms with Gasteiger partial charge < -0.3 is 9.73 Å². The van der Waals surface area contributed by atoms with E-state index in [9.17, 15) is 0 Å². The summed E-state index contributed by atoms with van der Waals surface area (Å²) in [5.41, 5.74) is 3.99. The monoisotopic (exact) mass is 275 g/mol. The first-order chi connectivity index (χ1) is 9.10. The molecule has 2 rings (SSSR count). The molecule has 2 aromatic rings. The molecule has 0 spiro atoms. The van der Waals surface area contributed by atoms with E-state index in [1.54, 1.807) is 6.26 Å². The lowest BCUT2D eigenvalue weighted by molar-refractivity contribution is 0.526. The summed E-state index contributed by atoms with van der Waals surface area (Å²) in [5, 5.41) is 3.40. The lowest BCUT2D eigenvalue weighted by atomic mass is 10.0. The minimum Gasteiger partial charge on any atom is -0.468 e. The number of benzene rings is 1. The smallest absolute Gasteiger partial charge is 0.114 e. The minimum atomic E-state index is 0.359. The van der Waals surface area contributed by atoms with E-state index in [-0.39, 0.29) is 0 Å². The van der Waals surface area contributed by atoms with E-state index in [0.29, 0.717) is 6.04 Å². The Morgan fingerprint density at radius 2 is 1.84 bits per heavy atom. The minimum absolute atomic E-state index is 0.359. The van der Waals surface area contributed by atoms with Gasteiger partial charge in [-0.1, -0.05) is 29.3 Å². The quantitative estimate of drug-likeness (QED) is 0.825. The van der Waals surface area contributed by atoms with Gasteiger partial charge in [0.2, 0.25) is 0 Å². The first-order valence-corrected chi connectivity index (χ1v) is 7.51. The van der Waals surface area contributed by atoms with E-state index in [4.69, 9.17) is 4.42 Å². The van der Waals surface area contributed by atoms with Crippen LogP contribution in [0, 0.1) is 20.8 Å². The van der Waals surface area contributed by atoms with Gasteiger partial charge in [-0.2, -0.15) is 0 Å². The maximum atomic E-state index is 5.33. The van der Waals surface area contributed by atoms with E-state index < -0.39 is 0 Å². The van der Waals surface area contributed by atoms with Crippen LogP contribution in [0.1, 0.15) is 28.5 Å². The van der Waals surface area contributed by atoms with E-state index >= 15 is 0 Å². The zero-order chi connectivity index (χ0) is 13.8. The molecular weight excluding hydrogens is 254 g/mol. The highest BCUT2D eigenvalue weighted by Crippen LogP contribution is 2.28. The van der Waals surface area contributed by atoms with Gasteiger partial charge in [-0.3, -0.25) is 0 Å². The average Bonchev–Trinajstić information content (AvgIpc) is 2.75. The van der Waals surface area contributed by atoms with Crippen molar-refractivity contribution in [3.63, 3.8) is 0 Å². The number of hydrogen-bond acceptors (Lipinski definition) is 3. The van der Waals surface area contributed by atoms with Crippen LogP contribution in [0.3, 0.4) is 0 Å². The lowest BCUT2D eigenvalue weighted by Gasteiger charge is -2.17. The number of nitrogens with one attached hydrogen (secondary N) is 1. The highest BCUT2D eigenvalue weighted by Gasteiger charge is 2.12. The van der Waals surface area contributed by atoms with Crippen molar-refractivity contribution in [2.75, 3.05) is 12.8 Å². The third-order valence-corrected chi connectivity index (χ3v) is 4.45. The molecule has 0 amide bonds. The summed E-state index contributed by atoms with van der Waals surface area (Å²) < 4.78 is 5.33. The normalized spacial score (nSPS) is 12.6. The molecule has 0 fully saturated rings. The average molecular weight is 275 g/mol. The van der Waals surface area contributed by atoms with Crippen LogP contribution in [0.2, 0.25) is 0 Å². The molecule has 0 saturated carbocycles. The molecule has 1 N–H and O–H groups in total. The predicted octanol–water partition coefficient (Wildman–Crippen LogP) is 4.26. The van der Waals surface area contributed by atoms with Gasteiger partial charge in [0, 0.05) is 16.7 Å². The highest BCUT2D eigenvalue weighted by molar-refractivity contribution is 7.99. The second kappa shape index (κ2) is 6.31. The Kier molecular flexibility index (Phi) is 4.72. The summed E-state index contributed by atoms with van der Waals surface area (Å²) in [6.07, 6.45) is 1.75. The molecule has 0 radical (unpaired) electrons. The molecule has 2 nitrogen and oxygen atoms in total. The fraction of sp³-hybridized carbons (Fsp3) is 0.375. The van der Waals surface area contributed by atoms with Crippen LogP contribution in [0.4, 0.5) is 0 Å². The topological polar surface area (TPSA) is 25.2 Å². The fourth-order valence-electron chi connectivity index (χ4n) is 2.25. The maximum Gasteiger partial charge on any atom is 0.114 e. The molecule has 1 aromatic carbocycles. The van der Waals surface area contributed by atoms with Crippen molar-refractivity contribution in [2.24, 2.45) is 0 Å². The standard InChI is InChI=1S/C16H21NOS/c1-11-7-12(2)9-14(8-11)15(17-4)10-19-16-5-6-18-13(16)3/h5-9,15,17H,10H2,1-4H3. The van der Waals surface area contributed by atoms with Gasteiger partial charge in [-0.25, -0.2) is 0 Å².